The zero-order chi connectivity index (χ0) is 15.5. The molecular weight excluding hydrogens is 266 g/mol. The van der Waals surface area contributed by atoms with Gasteiger partial charge in [0.05, 0.1) is 18.4 Å². The van der Waals surface area contributed by atoms with Gasteiger partial charge in [-0.25, -0.2) is 0 Å². The zero-order valence-electron chi connectivity index (χ0n) is 13.1. The summed E-state index contributed by atoms with van der Waals surface area (Å²) < 4.78 is 5.24. The SMILES string of the molecule is COc1c(N)cccc1C(=O)NCC1(C)CCN(C)CC1. The fraction of sp³-hybridized carbons (Fsp3) is 0.562. The molecule has 0 bridgehead atoms. The first-order valence-electron chi connectivity index (χ1n) is 7.34. The van der Waals surface area contributed by atoms with Crippen molar-refractivity contribution in [2.45, 2.75) is 19.8 Å². The summed E-state index contributed by atoms with van der Waals surface area (Å²) in [5.74, 6) is 0.322. The maximum absolute atomic E-state index is 12.4. The molecule has 3 N–H and O–H groups in total. The van der Waals surface area contributed by atoms with Gasteiger partial charge in [-0.1, -0.05) is 13.0 Å². The molecule has 0 spiro atoms. The lowest BCUT2D eigenvalue weighted by Crippen LogP contribution is -2.43. The van der Waals surface area contributed by atoms with Crippen LogP contribution in [0.3, 0.4) is 0 Å². The van der Waals surface area contributed by atoms with E-state index in [2.05, 4.69) is 24.2 Å². The number of benzene rings is 1. The molecule has 0 saturated carbocycles. The Hall–Kier alpha value is -1.75. The van der Waals surface area contributed by atoms with E-state index in [1.165, 1.54) is 7.11 Å². The van der Waals surface area contributed by atoms with Crippen LogP contribution in [0.4, 0.5) is 5.69 Å². The van der Waals surface area contributed by atoms with Crippen LogP contribution in [0.2, 0.25) is 0 Å². The van der Waals surface area contributed by atoms with E-state index in [-0.39, 0.29) is 11.3 Å². The van der Waals surface area contributed by atoms with Gasteiger partial charge in [0.2, 0.25) is 0 Å². The van der Waals surface area contributed by atoms with E-state index in [1.807, 2.05) is 0 Å². The van der Waals surface area contributed by atoms with Gasteiger partial charge in [-0.3, -0.25) is 4.79 Å². The first-order chi connectivity index (χ1) is 9.95. The molecule has 0 radical (unpaired) electrons. The van der Waals surface area contributed by atoms with E-state index in [9.17, 15) is 4.79 Å². The first kappa shape index (κ1) is 15.6. The third kappa shape index (κ3) is 3.67. The number of rotatable bonds is 4. The summed E-state index contributed by atoms with van der Waals surface area (Å²) in [6, 6.07) is 5.24. The van der Waals surface area contributed by atoms with E-state index in [0.717, 1.165) is 25.9 Å². The number of nitrogens with zero attached hydrogens (tertiary/aromatic N) is 1. The lowest BCUT2D eigenvalue weighted by Gasteiger charge is -2.38. The Kier molecular flexibility index (Phi) is 4.73. The molecule has 1 aromatic carbocycles. The summed E-state index contributed by atoms with van der Waals surface area (Å²) in [5, 5.41) is 3.03. The molecule has 5 heteroatoms. The molecule has 0 unspecified atom stereocenters. The van der Waals surface area contributed by atoms with Crippen molar-refractivity contribution in [3.05, 3.63) is 23.8 Å². The minimum atomic E-state index is -0.126. The van der Waals surface area contributed by atoms with Crippen LogP contribution in [-0.4, -0.2) is 44.6 Å². The average Bonchev–Trinajstić information content (AvgIpc) is 2.48. The minimum Gasteiger partial charge on any atom is -0.494 e. The molecule has 1 aliphatic heterocycles. The number of likely N-dealkylation sites (tertiary alicyclic amines) is 1. The van der Waals surface area contributed by atoms with E-state index in [1.54, 1.807) is 18.2 Å². The number of nitrogen functional groups attached to an aromatic ring is 1. The van der Waals surface area contributed by atoms with Crippen LogP contribution in [0.25, 0.3) is 0 Å². The van der Waals surface area contributed by atoms with Crippen LogP contribution in [0.1, 0.15) is 30.1 Å². The Morgan fingerprint density at radius 3 is 2.71 bits per heavy atom. The van der Waals surface area contributed by atoms with Crippen molar-refractivity contribution in [2.24, 2.45) is 5.41 Å². The van der Waals surface area contributed by atoms with Crippen molar-refractivity contribution in [2.75, 3.05) is 39.5 Å². The number of ether oxygens (including phenoxy) is 1. The van der Waals surface area contributed by atoms with Crippen LogP contribution in [0.5, 0.6) is 5.75 Å². The van der Waals surface area contributed by atoms with Gasteiger partial charge in [0.25, 0.3) is 5.91 Å². The van der Waals surface area contributed by atoms with E-state index >= 15 is 0 Å². The number of para-hydroxylation sites is 1. The minimum absolute atomic E-state index is 0.126. The first-order valence-corrected chi connectivity index (χ1v) is 7.34. The Bertz CT molecular complexity index is 508. The van der Waals surface area contributed by atoms with E-state index in [0.29, 0.717) is 23.5 Å². The quantitative estimate of drug-likeness (QED) is 0.829. The molecule has 5 nitrogen and oxygen atoms in total. The molecule has 21 heavy (non-hydrogen) atoms. The molecule has 0 aliphatic carbocycles. The predicted octanol–water partition coefficient (Wildman–Crippen LogP) is 1.74. The van der Waals surface area contributed by atoms with Gasteiger partial charge in [0, 0.05) is 6.54 Å². The Morgan fingerprint density at radius 2 is 2.10 bits per heavy atom. The van der Waals surface area contributed by atoms with Crippen LogP contribution in [-0.2, 0) is 0 Å². The topological polar surface area (TPSA) is 67.6 Å². The number of piperidine rings is 1. The summed E-state index contributed by atoms with van der Waals surface area (Å²) in [7, 11) is 3.66. The van der Waals surface area contributed by atoms with Gasteiger partial charge in [0.1, 0.15) is 0 Å². The second kappa shape index (κ2) is 6.35. The van der Waals surface area contributed by atoms with Gasteiger partial charge in [-0.05, 0) is 50.5 Å². The molecular formula is C16H25N3O2. The van der Waals surface area contributed by atoms with Crippen molar-refractivity contribution >= 4 is 11.6 Å². The average molecular weight is 291 g/mol. The van der Waals surface area contributed by atoms with Crippen molar-refractivity contribution in [1.29, 1.82) is 0 Å². The molecule has 1 aliphatic rings. The predicted molar refractivity (Wildman–Crippen MR) is 84.6 cm³/mol. The molecule has 116 valence electrons. The fourth-order valence-electron chi connectivity index (χ4n) is 2.69. The van der Waals surface area contributed by atoms with Gasteiger partial charge in [-0.15, -0.1) is 0 Å². The smallest absolute Gasteiger partial charge is 0.255 e. The number of nitrogens with one attached hydrogen (secondary N) is 1. The molecule has 1 aromatic rings. The van der Waals surface area contributed by atoms with Crippen molar-refractivity contribution in [3.63, 3.8) is 0 Å². The maximum atomic E-state index is 12.4. The molecule has 1 heterocycles. The number of carbonyl (C=O) groups is 1. The van der Waals surface area contributed by atoms with Crippen LogP contribution in [0, 0.1) is 5.41 Å². The Morgan fingerprint density at radius 1 is 1.43 bits per heavy atom. The Balaban J connectivity index is 2.01. The lowest BCUT2D eigenvalue weighted by atomic mass is 9.80. The van der Waals surface area contributed by atoms with E-state index in [4.69, 9.17) is 10.5 Å². The number of anilines is 1. The number of amides is 1. The third-order valence-corrected chi connectivity index (χ3v) is 4.36. The van der Waals surface area contributed by atoms with Crippen molar-refractivity contribution in [3.8, 4) is 5.75 Å². The lowest BCUT2D eigenvalue weighted by molar-refractivity contribution is 0.0889. The standard InChI is InChI=1S/C16H25N3O2/c1-16(7-9-19(2)10-8-16)11-18-15(20)12-5-4-6-13(17)14(12)21-3/h4-6H,7-11,17H2,1-3H3,(H,18,20). The van der Waals surface area contributed by atoms with E-state index < -0.39 is 0 Å². The molecule has 1 fully saturated rings. The number of hydrogen-bond acceptors (Lipinski definition) is 4. The summed E-state index contributed by atoms with van der Waals surface area (Å²) >= 11 is 0. The molecule has 2 rings (SSSR count). The molecule has 0 aromatic heterocycles. The van der Waals surface area contributed by atoms with Gasteiger partial charge in [-0.2, -0.15) is 0 Å². The summed E-state index contributed by atoms with van der Waals surface area (Å²) in [5.41, 5.74) is 6.98. The summed E-state index contributed by atoms with van der Waals surface area (Å²) in [6.07, 6.45) is 2.19. The second-order valence-corrected chi connectivity index (χ2v) is 6.22. The zero-order valence-corrected chi connectivity index (χ0v) is 13.1. The number of nitrogens with two attached hydrogens (primary N) is 1. The molecule has 1 amide bonds. The van der Waals surface area contributed by atoms with Crippen molar-refractivity contribution in [1.82, 2.24) is 10.2 Å². The fourth-order valence-corrected chi connectivity index (χ4v) is 2.69. The van der Waals surface area contributed by atoms with Gasteiger partial charge < -0.3 is 20.7 Å². The van der Waals surface area contributed by atoms with Gasteiger partial charge in [0.15, 0.2) is 5.75 Å². The Labute approximate surface area is 126 Å². The van der Waals surface area contributed by atoms with Crippen molar-refractivity contribution < 1.29 is 9.53 Å². The monoisotopic (exact) mass is 291 g/mol. The largest absolute Gasteiger partial charge is 0.494 e. The van der Waals surface area contributed by atoms with Crippen LogP contribution >= 0.6 is 0 Å². The summed E-state index contributed by atoms with van der Waals surface area (Å²) in [4.78, 5) is 14.7. The number of carbonyl (C=O) groups excluding carboxylic acids is 1. The highest BCUT2D eigenvalue weighted by atomic mass is 16.5. The van der Waals surface area contributed by atoms with Crippen LogP contribution < -0.4 is 15.8 Å². The summed E-state index contributed by atoms with van der Waals surface area (Å²) in [6.45, 7) is 5.07. The second-order valence-electron chi connectivity index (χ2n) is 6.22. The normalized spacial score (nSPS) is 18.2. The third-order valence-electron chi connectivity index (χ3n) is 4.36. The maximum Gasteiger partial charge on any atom is 0.255 e. The highest BCUT2D eigenvalue weighted by molar-refractivity contribution is 5.98. The highest BCUT2D eigenvalue weighted by Gasteiger charge is 2.29. The van der Waals surface area contributed by atoms with Crippen LogP contribution in [0.15, 0.2) is 18.2 Å². The van der Waals surface area contributed by atoms with Gasteiger partial charge >= 0.3 is 0 Å². The molecule has 1 saturated heterocycles. The number of methoxy groups -OCH3 is 1. The number of hydrogen-bond donors (Lipinski definition) is 2. The highest BCUT2D eigenvalue weighted by Crippen LogP contribution is 2.30. The molecule has 0 atom stereocenters.